The summed E-state index contributed by atoms with van der Waals surface area (Å²) < 4.78 is 9.78. The lowest BCUT2D eigenvalue weighted by molar-refractivity contribution is -0.154. The molecule has 5 nitrogen and oxygen atoms in total. The van der Waals surface area contributed by atoms with Gasteiger partial charge < -0.3 is 19.7 Å². The summed E-state index contributed by atoms with van der Waals surface area (Å²) >= 11 is 0. The van der Waals surface area contributed by atoms with Crippen molar-refractivity contribution in [3.63, 3.8) is 0 Å². The predicted molar refractivity (Wildman–Crippen MR) is 77.1 cm³/mol. The quantitative estimate of drug-likeness (QED) is 0.772. The van der Waals surface area contributed by atoms with Crippen molar-refractivity contribution in [2.45, 2.75) is 66.6 Å². The monoisotopic (exact) mass is 280 g/mol. The van der Waals surface area contributed by atoms with Crippen LogP contribution in [-0.4, -0.2) is 47.7 Å². The van der Waals surface area contributed by atoms with Gasteiger partial charge in [-0.3, -0.25) is 4.79 Å². The fourth-order valence-corrected chi connectivity index (χ4v) is 0.618. The molecule has 0 rings (SSSR count). The molecule has 0 aliphatic carbocycles. The summed E-state index contributed by atoms with van der Waals surface area (Å²) in [5.41, 5.74) is -0.326. The van der Waals surface area contributed by atoms with Crippen LogP contribution < -0.4 is 0 Å². The lowest BCUT2D eigenvalue weighted by atomic mass is 10.2. The second kappa shape index (κ2) is 15.4. The SMILES string of the molecule is CC(O)CO.CCC(=O)OC(C)(C)C.CCOCC. The summed E-state index contributed by atoms with van der Waals surface area (Å²) in [6, 6.07) is 0. The normalized spacial score (nSPS) is 11.4. The van der Waals surface area contributed by atoms with E-state index < -0.39 is 6.10 Å². The topological polar surface area (TPSA) is 76.0 Å². The average molecular weight is 280 g/mol. The molecule has 5 heteroatoms. The minimum absolute atomic E-state index is 0.137. The first-order chi connectivity index (χ1) is 8.64. The van der Waals surface area contributed by atoms with Crippen molar-refractivity contribution >= 4 is 5.97 Å². The van der Waals surface area contributed by atoms with Gasteiger partial charge in [0.25, 0.3) is 0 Å². The van der Waals surface area contributed by atoms with Crippen LogP contribution in [0.4, 0.5) is 0 Å². The van der Waals surface area contributed by atoms with Crippen molar-refractivity contribution in [3.8, 4) is 0 Å². The first kappa shape index (κ1) is 23.4. The number of carbonyl (C=O) groups excluding carboxylic acids is 1. The lowest BCUT2D eigenvalue weighted by Crippen LogP contribution is -2.23. The molecule has 0 fully saturated rings. The molecule has 0 saturated carbocycles. The average Bonchev–Trinajstić information content (AvgIpc) is 2.29. The largest absolute Gasteiger partial charge is 0.460 e. The number of carbonyl (C=O) groups is 1. The lowest BCUT2D eigenvalue weighted by Gasteiger charge is -2.18. The van der Waals surface area contributed by atoms with Crippen LogP contribution >= 0.6 is 0 Å². The maximum absolute atomic E-state index is 10.6. The number of aliphatic hydroxyl groups excluding tert-OH is 2. The zero-order valence-electron chi connectivity index (χ0n) is 13.5. The number of hydrogen-bond acceptors (Lipinski definition) is 5. The van der Waals surface area contributed by atoms with Crippen molar-refractivity contribution in [3.05, 3.63) is 0 Å². The van der Waals surface area contributed by atoms with Crippen LogP contribution in [0.2, 0.25) is 0 Å². The van der Waals surface area contributed by atoms with E-state index in [0.29, 0.717) is 6.42 Å². The van der Waals surface area contributed by atoms with Crippen molar-refractivity contribution < 1.29 is 24.5 Å². The molecule has 0 amide bonds. The molecule has 1 unspecified atom stereocenters. The molecule has 19 heavy (non-hydrogen) atoms. The highest BCUT2D eigenvalue weighted by Crippen LogP contribution is 2.07. The Labute approximate surface area is 117 Å². The Bertz CT molecular complexity index is 183. The minimum Gasteiger partial charge on any atom is -0.460 e. The van der Waals surface area contributed by atoms with Crippen LogP contribution in [0.1, 0.15) is 54.9 Å². The van der Waals surface area contributed by atoms with Gasteiger partial charge in [-0.1, -0.05) is 6.92 Å². The molecular formula is C14H32O5. The maximum atomic E-state index is 10.6. The molecule has 1 atom stereocenters. The standard InChI is InChI=1S/C7H14O2.C4H10O.C3H8O2/c1-5-6(8)9-7(2,3)4;1-3-5-4-2;1-3(5)2-4/h5H2,1-4H3;3-4H2,1-2H3;3-5H,2H2,1H3. The van der Waals surface area contributed by atoms with Gasteiger partial charge in [-0.25, -0.2) is 0 Å². The molecule has 0 saturated heterocycles. The van der Waals surface area contributed by atoms with E-state index in [1.54, 1.807) is 6.92 Å². The van der Waals surface area contributed by atoms with Crippen LogP contribution in [0.3, 0.4) is 0 Å². The summed E-state index contributed by atoms with van der Waals surface area (Å²) in [6.45, 7) is 14.4. The number of aliphatic hydroxyl groups is 2. The van der Waals surface area contributed by atoms with Crippen molar-refractivity contribution in [2.75, 3.05) is 19.8 Å². The van der Waals surface area contributed by atoms with Gasteiger partial charge in [0.2, 0.25) is 0 Å². The molecule has 0 aromatic heterocycles. The van der Waals surface area contributed by atoms with Crippen molar-refractivity contribution in [1.82, 2.24) is 0 Å². The summed E-state index contributed by atoms with van der Waals surface area (Å²) in [7, 11) is 0. The Balaban J connectivity index is -0.000000219. The Hall–Kier alpha value is -0.650. The van der Waals surface area contributed by atoms with E-state index in [9.17, 15) is 4.79 Å². The van der Waals surface area contributed by atoms with Gasteiger partial charge in [0.15, 0.2) is 0 Å². The highest BCUT2D eigenvalue weighted by Gasteiger charge is 2.13. The van der Waals surface area contributed by atoms with Gasteiger partial charge in [0, 0.05) is 19.6 Å². The van der Waals surface area contributed by atoms with E-state index in [1.165, 1.54) is 6.92 Å². The van der Waals surface area contributed by atoms with Crippen LogP contribution in [0, 0.1) is 0 Å². The molecule has 0 heterocycles. The summed E-state index contributed by atoms with van der Waals surface area (Å²) in [4.78, 5) is 10.6. The number of rotatable bonds is 4. The molecule has 0 bridgehead atoms. The van der Waals surface area contributed by atoms with Gasteiger partial charge >= 0.3 is 5.97 Å². The molecule has 0 aromatic rings. The van der Waals surface area contributed by atoms with E-state index >= 15 is 0 Å². The van der Waals surface area contributed by atoms with Gasteiger partial charge in [-0.15, -0.1) is 0 Å². The predicted octanol–water partition coefficient (Wildman–Crippen LogP) is 2.14. The van der Waals surface area contributed by atoms with E-state index in [0.717, 1.165) is 13.2 Å². The zero-order valence-corrected chi connectivity index (χ0v) is 13.5. The smallest absolute Gasteiger partial charge is 0.306 e. The fraction of sp³-hybridized carbons (Fsp3) is 0.929. The molecule has 0 aromatic carbocycles. The van der Waals surface area contributed by atoms with E-state index in [4.69, 9.17) is 19.7 Å². The maximum Gasteiger partial charge on any atom is 0.306 e. The molecule has 0 aliphatic rings. The molecule has 0 radical (unpaired) electrons. The Morgan fingerprint density at radius 3 is 1.58 bits per heavy atom. The summed E-state index contributed by atoms with van der Waals surface area (Å²) in [5.74, 6) is -0.137. The van der Waals surface area contributed by atoms with Crippen LogP contribution in [0.15, 0.2) is 0 Å². The highest BCUT2D eigenvalue weighted by atomic mass is 16.6. The minimum atomic E-state index is -0.560. The zero-order chi connectivity index (χ0) is 15.9. The fourth-order valence-electron chi connectivity index (χ4n) is 0.618. The third-order valence-electron chi connectivity index (χ3n) is 1.38. The Morgan fingerprint density at radius 1 is 1.16 bits per heavy atom. The van der Waals surface area contributed by atoms with Crippen LogP contribution in [0.25, 0.3) is 0 Å². The van der Waals surface area contributed by atoms with E-state index in [-0.39, 0.29) is 18.2 Å². The molecular weight excluding hydrogens is 248 g/mol. The summed E-state index contributed by atoms with van der Waals surface area (Å²) in [6.07, 6.45) is -0.105. The molecule has 0 aliphatic heterocycles. The van der Waals surface area contributed by atoms with Gasteiger partial charge in [0.1, 0.15) is 5.60 Å². The van der Waals surface area contributed by atoms with Crippen molar-refractivity contribution in [2.24, 2.45) is 0 Å². The molecule has 118 valence electrons. The Kier molecular flexibility index (Phi) is 19.0. The van der Waals surface area contributed by atoms with Gasteiger partial charge in [0.05, 0.1) is 12.7 Å². The van der Waals surface area contributed by atoms with Crippen molar-refractivity contribution in [1.29, 1.82) is 0 Å². The molecule has 2 N–H and O–H groups in total. The van der Waals surface area contributed by atoms with Crippen LogP contribution in [0.5, 0.6) is 0 Å². The number of ether oxygens (including phenoxy) is 2. The van der Waals surface area contributed by atoms with Gasteiger partial charge in [-0.2, -0.15) is 0 Å². The first-order valence-corrected chi connectivity index (χ1v) is 6.72. The Morgan fingerprint density at radius 2 is 1.53 bits per heavy atom. The second-order valence-electron chi connectivity index (χ2n) is 4.75. The first-order valence-electron chi connectivity index (χ1n) is 6.72. The highest BCUT2D eigenvalue weighted by molar-refractivity contribution is 5.69. The number of esters is 1. The molecule has 0 spiro atoms. The van der Waals surface area contributed by atoms with E-state index in [2.05, 4.69) is 0 Å². The van der Waals surface area contributed by atoms with Gasteiger partial charge in [-0.05, 0) is 41.5 Å². The number of hydrogen-bond donors (Lipinski definition) is 2. The third kappa shape index (κ3) is 38.2. The second-order valence-corrected chi connectivity index (χ2v) is 4.75. The summed E-state index contributed by atoms with van der Waals surface area (Å²) in [5, 5.41) is 16.0. The third-order valence-corrected chi connectivity index (χ3v) is 1.38. The van der Waals surface area contributed by atoms with Crippen LogP contribution in [-0.2, 0) is 14.3 Å². The van der Waals surface area contributed by atoms with E-state index in [1.807, 2.05) is 34.6 Å².